The second-order valence-electron chi connectivity index (χ2n) is 6.26. The zero-order valence-corrected chi connectivity index (χ0v) is 13.5. The van der Waals surface area contributed by atoms with Crippen LogP contribution in [0, 0.1) is 0 Å². The molecule has 1 unspecified atom stereocenters. The van der Waals surface area contributed by atoms with Crippen LogP contribution < -0.4 is 5.32 Å². The monoisotopic (exact) mass is 290 g/mol. The van der Waals surface area contributed by atoms with Crippen LogP contribution in [0.15, 0.2) is 24.3 Å². The number of rotatable bonds is 7. The molecule has 1 saturated heterocycles. The number of aliphatic hydroxyl groups is 1. The molecule has 1 aromatic carbocycles. The van der Waals surface area contributed by atoms with E-state index in [9.17, 15) is 5.11 Å². The van der Waals surface area contributed by atoms with Gasteiger partial charge in [0.1, 0.15) is 0 Å². The Labute approximate surface area is 129 Å². The third-order valence-corrected chi connectivity index (χ3v) is 4.53. The quantitative estimate of drug-likeness (QED) is 0.810. The molecule has 1 atom stereocenters. The van der Waals surface area contributed by atoms with Gasteiger partial charge in [0.25, 0.3) is 0 Å². The minimum atomic E-state index is 0.121. The van der Waals surface area contributed by atoms with E-state index >= 15 is 0 Å². The van der Waals surface area contributed by atoms with Gasteiger partial charge in [-0.2, -0.15) is 0 Å². The molecule has 3 heteroatoms. The molecule has 21 heavy (non-hydrogen) atoms. The van der Waals surface area contributed by atoms with E-state index in [1.807, 2.05) is 12.1 Å². The zero-order chi connectivity index (χ0) is 15.1. The molecule has 0 radical (unpaired) electrons. The molecule has 0 aliphatic carbocycles. The summed E-state index contributed by atoms with van der Waals surface area (Å²) in [6, 6.07) is 9.23. The van der Waals surface area contributed by atoms with Gasteiger partial charge in [-0.1, -0.05) is 37.6 Å². The summed E-state index contributed by atoms with van der Waals surface area (Å²) in [5.41, 5.74) is 2.27. The Balaban J connectivity index is 1.79. The van der Waals surface area contributed by atoms with Crippen LogP contribution in [0.4, 0.5) is 0 Å². The fraction of sp³-hybridized carbons (Fsp3) is 0.667. The van der Waals surface area contributed by atoms with E-state index in [0.717, 1.165) is 5.56 Å². The molecule has 3 nitrogen and oxygen atoms in total. The first-order chi connectivity index (χ1) is 10.2. The van der Waals surface area contributed by atoms with Crippen LogP contribution in [0.3, 0.4) is 0 Å². The lowest BCUT2D eigenvalue weighted by Gasteiger charge is -2.34. The molecular weight excluding hydrogens is 260 g/mol. The molecule has 0 spiro atoms. The molecular formula is C18H30N2O. The van der Waals surface area contributed by atoms with Gasteiger partial charge < -0.3 is 15.3 Å². The van der Waals surface area contributed by atoms with E-state index in [0.29, 0.717) is 12.1 Å². The summed E-state index contributed by atoms with van der Waals surface area (Å²) in [6.45, 7) is 8.31. The van der Waals surface area contributed by atoms with Crippen molar-refractivity contribution in [3.63, 3.8) is 0 Å². The lowest BCUT2D eigenvalue weighted by Crippen LogP contribution is -2.43. The van der Waals surface area contributed by atoms with Crippen molar-refractivity contribution in [1.29, 1.82) is 0 Å². The fourth-order valence-electron chi connectivity index (χ4n) is 3.12. The number of likely N-dealkylation sites (tertiary alicyclic amines) is 1. The van der Waals surface area contributed by atoms with E-state index in [4.69, 9.17) is 0 Å². The summed E-state index contributed by atoms with van der Waals surface area (Å²) in [7, 11) is 0. The van der Waals surface area contributed by atoms with Gasteiger partial charge in [0.15, 0.2) is 0 Å². The predicted molar refractivity (Wildman–Crippen MR) is 88.3 cm³/mol. The normalized spacial score (nSPS) is 18.8. The van der Waals surface area contributed by atoms with E-state index in [2.05, 4.69) is 36.2 Å². The van der Waals surface area contributed by atoms with Crippen molar-refractivity contribution in [2.24, 2.45) is 0 Å². The van der Waals surface area contributed by atoms with Crippen LogP contribution in [0.5, 0.6) is 0 Å². The smallest absolute Gasteiger partial charge is 0.0681 e. The maximum Gasteiger partial charge on any atom is 0.0681 e. The van der Waals surface area contributed by atoms with Crippen LogP contribution >= 0.6 is 0 Å². The highest BCUT2D eigenvalue weighted by atomic mass is 16.3. The number of piperidine rings is 1. The minimum Gasteiger partial charge on any atom is -0.392 e. The topological polar surface area (TPSA) is 35.5 Å². The molecule has 1 fully saturated rings. The van der Waals surface area contributed by atoms with Crippen molar-refractivity contribution in [1.82, 2.24) is 10.2 Å². The summed E-state index contributed by atoms with van der Waals surface area (Å²) in [5.74, 6) is 0. The molecule has 1 aliphatic rings. The highest BCUT2D eigenvalue weighted by Gasteiger charge is 2.20. The average molecular weight is 290 g/mol. The fourth-order valence-corrected chi connectivity index (χ4v) is 3.12. The zero-order valence-electron chi connectivity index (χ0n) is 13.5. The Kier molecular flexibility index (Phi) is 6.68. The Morgan fingerprint density at radius 1 is 1.33 bits per heavy atom. The van der Waals surface area contributed by atoms with E-state index in [1.54, 1.807) is 0 Å². The molecule has 0 aromatic heterocycles. The number of hydrogen-bond donors (Lipinski definition) is 2. The summed E-state index contributed by atoms with van der Waals surface area (Å²) < 4.78 is 0. The van der Waals surface area contributed by atoms with Crippen molar-refractivity contribution in [3.8, 4) is 0 Å². The predicted octanol–water partition coefficient (Wildman–Crippen LogP) is 3.09. The summed E-state index contributed by atoms with van der Waals surface area (Å²) in [6.07, 6.45) is 5.10. The largest absolute Gasteiger partial charge is 0.392 e. The van der Waals surface area contributed by atoms with Crippen molar-refractivity contribution in [3.05, 3.63) is 35.4 Å². The number of nitrogens with one attached hydrogen (secondary N) is 1. The SMILES string of the molecule is CCCCN1CCC(NC(C)c2cccc(CO)c2)CC1. The van der Waals surface area contributed by atoms with Crippen LogP contribution in [-0.2, 0) is 6.61 Å². The molecule has 1 heterocycles. The van der Waals surface area contributed by atoms with Gasteiger partial charge in [-0.3, -0.25) is 0 Å². The Morgan fingerprint density at radius 3 is 2.76 bits per heavy atom. The number of benzene rings is 1. The first-order valence-electron chi connectivity index (χ1n) is 8.41. The third kappa shape index (κ3) is 5.10. The lowest BCUT2D eigenvalue weighted by molar-refractivity contribution is 0.190. The molecule has 1 aromatic rings. The van der Waals surface area contributed by atoms with Crippen LogP contribution in [-0.4, -0.2) is 35.7 Å². The summed E-state index contributed by atoms with van der Waals surface area (Å²) in [4.78, 5) is 2.60. The molecule has 1 aliphatic heterocycles. The first kappa shape index (κ1) is 16.5. The Morgan fingerprint density at radius 2 is 2.10 bits per heavy atom. The molecule has 0 saturated carbocycles. The highest BCUT2D eigenvalue weighted by molar-refractivity contribution is 5.25. The van der Waals surface area contributed by atoms with Crippen molar-refractivity contribution < 1.29 is 5.11 Å². The van der Waals surface area contributed by atoms with E-state index in [-0.39, 0.29) is 6.61 Å². The molecule has 0 bridgehead atoms. The van der Waals surface area contributed by atoms with Gasteiger partial charge in [0.05, 0.1) is 6.61 Å². The van der Waals surface area contributed by atoms with Gasteiger partial charge in [-0.15, -0.1) is 0 Å². The highest BCUT2D eigenvalue weighted by Crippen LogP contribution is 2.18. The molecule has 2 rings (SSSR count). The van der Waals surface area contributed by atoms with Gasteiger partial charge >= 0.3 is 0 Å². The average Bonchev–Trinajstić information content (AvgIpc) is 2.54. The van der Waals surface area contributed by atoms with Gasteiger partial charge in [0.2, 0.25) is 0 Å². The second-order valence-corrected chi connectivity index (χ2v) is 6.26. The van der Waals surface area contributed by atoms with Gasteiger partial charge in [-0.25, -0.2) is 0 Å². The number of nitrogens with zero attached hydrogens (tertiary/aromatic N) is 1. The molecule has 0 amide bonds. The standard InChI is InChI=1S/C18H30N2O/c1-3-4-10-20-11-8-18(9-12-20)19-15(2)17-7-5-6-16(13-17)14-21/h5-7,13,15,18-19,21H,3-4,8-12,14H2,1-2H3. The lowest BCUT2D eigenvalue weighted by atomic mass is 10.0. The van der Waals surface area contributed by atoms with Crippen LogP contribution in [0.25, 0.3) is 0 Å². The maximum absolute atomic E-state index is 9.24. The van der Waals surface area contributed by atoms with Crippen molar-refractivity contribution in [2.75, 3.05) is 19.6 Å². The van der Waals surface area contributed by atoms with Crippen molar-refractivity contribution >= 4 is 0 Å². The second kappa shape index (κ2) is 8.52. The first-order valence-corrected chi connectivity index (χ1v) is 8.41. The number of hydrogen-bond acceptors (Lipinski definition) is 3. The Hall–Kier alpha value is -0.900. The summed E-state index contributed by atoms with van der Waals surface area (Å²) in [5, 5.41) is 13.0. The van der Waals surface area contributed by atoms with Gasteiger partial charge in [-0.05, 0) is 56.9 Å². The number of unbranched alkanes of at least 4 members (excludes halogenated alkanes) is 1. The van der Waals surface area contributed by atoms with Crippen LogP contribution in [0.2, 0.25) is 0 Å². The number of aliphatic hydroxyl groups excluding tert-OH is 1. The molecule has 118 valence electrons. The van der Waals surface area contributed by atoms with E-state index in [1.165, 1.54) is 50.9 Å². The molecule has 2 N–H and O–H groups in total. The maximum atomic E-state index is 9.24. The van der Waals surface area contributed by atoms with Crippen LogP contribution in [0.1, 0.15) is 56.7 Å². The van der Waals surface area contributed by atoms with Crippen molar-refractivity contribution in [2.45, 2.75) is 58.2 Å². The minimum absolute atomic E-state index is 0.121. The Bertz CT molecular complexity index is 413. The van der Waals surface area contributed by atoms with Gasteiger partial charge in [0, 0.05) is 12.1 Å². The van der Waals surface area contributed by atoms with E-state index < -0.39 is 0 Å². The third-order valence-electron chi connectivity index (χ3n) is 4.53. The summed E-state index contributed by atoms with van der Waals surface area (Å²) >= 11 is 0.